The van der Waals surface area contributed by atoms with Gasteiger partial charge in [0, 0.05) is 31.9 Å². The molecule has 0 amide bonds. The maximum absolute atomic E-state index is 12.3. The molecule has 5 nitrogen and oxygen atoms in total. The molecule has 8 heteroatoms. The normalized spacial score (nSPS) is 22.5. The van der Waals surface area contributed by atoms with Crippen molar-refractivity contribution in [3.05, 3.63) is 22.7 Å². The second-order valence-corrected chi connectivity index (χ2v) is 5.58. The van der Waals surface area contributed by atoms with Gasteiger partial charge in [0.25, 0.3) is 5.56 Å². The summed E-state index contributed by atoms with van der Waals surface area (Å²) in [4.78, 5) is 15.8. The van der Waals surface area contributed by atoms with Crippen molar-refractivity contribution in [2.45, 2.75) is 38.0 Å². The SMILES string of the molecule is Cn1ccnc(NC[C@H]2CCCC[C@H]2OCC(F)(F)F)c1=O. The summed E-state index contributed by atoms with van der Waals surface area (Å²) in [6.07, 6.45) is 1.52. The number of aromatic nitrogens is 2. The number of ether oxygens (including phenoxy) is 1. The fraction of sp³-hybridized carbons (Fsp3) is 0.714. The van der Waals surface area contributed by atoms with Crippen molar-refractivity contribution in [2.75, 3.05) is 18.5 Å². The van der Waals surface area contributed by atoms with E-state index >= 15 is 0 Å². The maximum Gasteiger partial charge on any atom is 0.411 e. The summed E-state index contributed by atoms with van der Waals surface area (Å²) >= 11 is 0. The van der Waals surface area contributed by atoms with Crippen LogP contribution in [0.3, 0.4) is 0 Å². The lowest BCUT2D eigenvalue weighted by Gasteiger charge is -2.32. The monoisotopic (exact) mass is 319 g/mol. The third-order valence-corrected chi connectivity index (χ3v) is 3.85. The fourth-order valence-electron chi connectivity index (χ4n) is 2.67. The van der Waals surface area contributed by atoms with Gasteiger partial charge in [0.05, 0.1) is 6.10 Å². The first kappa shape index (κ1) is 16.8. The van der Waals surface area contributed by atoms with Crippen molar-refractivity contribution < 1.29 is 17.9 Å². The average molecular weight is 319 g/mol. The van der Waals surface area contributed by atoms with Crippen LogP contribution in [0.15, 0.2) is 17.2 Å². The lowest BCUT2D eigenvalue weighted by atomic mass is 9.86. The summed E-state index contributed by atoms with van der Waals surface area (Å²) in [6.45, 7) is -0.839. The number of aryl methyl sites for hydroxylation is 1. The number of hydrogen-bond acceptors (Lipinski definition) is 4. The first-order valence-corrected chi connectivity index (χ1v) is 7.30. The number of nitrogens with one attached hydrogen (secondary N) is 1. The van der Waals surface area contributed by atoms with E-state index in [0.29, 0.717) is 13.0 Å². The number of nitrogens with zero attached hydrogens (tertiary/aromatic N) is 2. The van der Waals surface area contributed by atoms with Gasteiger partial charge in [-0.1, -0.05) is 12.8 Å². The Labute approximate surface area is 126 Å². The Morgan fingerprint density at radius 3 is 2.86 bits per heavy atom. The minimum atomic E-state index is -4.31. The van der Waals surface area contributed by atoms with Crippen LogP contribution in [0.4, 0.5) is 19.0 Å². The number of alkyl halides is 3. The minimum Gasteiger partial charge on any atom is -0.368 e. The zero-order valence-electron chi connectivity index (χ0n) is 12.4. The quantitative estimate of drug-likeness (QED) is 0.905. The molecule has 0 aliphatic heterocycles. The van der Waals surface area contributed by atoms with Crippen LogP contribution in [0.2, 0.25) is 0 Å². The second-order valence-electron chi connectivity index (χ2n) is 5.58. The van der Waals surface area contributed by atoms with Gasteiger partial charge in [0.2, 0.25) is 0 Å². The lowest BCUT2D eigenvalue weighted by Crippen LogP contribution is -2.36. The summed E-state index contributed by atoms with van der Waals surface area (Å²) in [6, 6.07) is 0. The molecule has 0 aromatic carbocycles. The molecule has 0 spiro atoms. The van der Waals surface area contributed by atoms with Crippen molar-refractivity contribution in [3.8, 4) is 0 Å². The first-order chi connectivity index (χ1) is 10.4. The van der Waals surface area contributed by atoms with Gasteiger partial charge in [-0.05, 0) is 12.8 Å². The third-order valence-electron chi connectivity index (χ3n) is 3.85. The van der Waals surface area contributed by atoms with Crippen molar-refractivity contribution in [2.24, 2.45) is 13.0 Å². The molecule has 1 aromatic heterocycles. The summed E-state index contributed by atoms with van der Waals surface area (Å²) < 4.78 is 43.3. The molecule has 124 valence electrons. The van der Waals surface area contributed by atoms with Crippen LogP contribution >= 0.6 is 0 Å². The van der Waals surface area contributed by atoms with Gasteiger partial charge in [0.15, 0.2) is 5.82 Å². The molecule has 1 aliphatic carbocycles. The number of anilines is 1. The summed E-state index contributed by atoms with van der Waals surface area (Å²) in [7, 11) is 1.62. The van der Waals surface area contributed by atoms with Crippen LogP contribution in [0.5, 0.6) is 0 Å². The Kier molecular flexibility index (Phi) is 5.44. The Balaban J connectivity index is 1.94. The molecule has 0 bridgehead atoms. The van der Waals surface area contributed by atoms with Crippen LogP contribution in [-0.4, -0.2) is 35.0 Å². The molecule has 22 heavy (non-hydrogen) atoms. The molecule has 0 saturated heterocycles. The van der Waals surface area contributed by atoms with Gasteiger partial charge < -0.3 is 14.6 Å². The Hall–Kier alpha value is -1.57. The molecular formula is C14H20F3N3O2. The van der Waals surface area contributed by atoms with Crippen molar-refractivity contribution >= 4 is 5.82 Å². The minimum absolute atomic E-state index is 0.0530. The average Bonchev–Trinajstić information content (AvgIpc) is 2.47. The topological polar surface area (TPSA) is 56.1 Å². The first-order valence-electron chi connectivity index (χ1n) is 7.30. The molecule has 1 fully saturated rings. The van der Waals surface area contributed by atoms with Crippen LogP contribution in [-0.2, 0) is 11.8 Å². The highest BCUT2D eigenvalue weighted by molar-refractivity contribution is 5.30. The number of hydrogen-bond donors (Lipinski definition) is 1. The molecular weight excluding hydrogens is 299 g/mol. The Morgan fingerprint density at radius 1 is 1.41 bits per heavy atom. The van der Waals surface area contributed by atoms with E-state index in [-0.39, 0.29) is 17.3 Å². The summed E-state index contributed by atoms with van der Waals surface area (Å²) in [5.74, 6) is 0.160. The van der Waals surface area contributed by atoms with Crippen molar-refractivity contribution in [1.29, 1.82) is 0 Å². The Bertz CT molecular complexity index is 545. The molecule has 1 saturated carbocycles. The predicted octanol–water partition coefficient (Wildman–Crippen LogP) is 2.33. The van der Waals surface area contributed by atoms with Gasteiger partial charge in [-0.25, -0.2) is 4.98 Å². The standard InChI is InChI=1S/C14H20F3N3O2/c1-20-7-6-18-12(13(20)21)19-8-10-4-2-3-5-11(10)22-9-14(15,16)17/h6-7,10-11H,2-5,8-9H2,1H3,(H,18,19)/t10-,11-/m1/s1. The van der Waals surface area contributed by atoms with Gasteiger partial charge in [0.1, 0.15) is 6.61 Å². The van der Waals surface area contributed by atoms with Gasteiger partial charge in [-0.3, -0.25) is 4.79 Å². The van der Waals surface area contributed by atoms with E-state index in [4.69, 9.17) is 4.74 Å². The summed E-state index contributed by atoms with van der Waals surface area (Å²) in [5.41, 5.74) is -0.258. The van der Waals surface area contributed by atoms with E-state index in [1.165, 1.54) is 10.8 Å². The van der Waals surface area contributed by atoms with Crippen LogP contribution < -0.4 is 10.9 Å². The predicted molar refractivity (Wildman–Crippen MR) is 75.7 cm³/mol. The molecule has 1 N–H and O–H groups in total. The van der Waals surface area contributed by atoms with Gasteiger partial charge in [-0.2, -0.15) is 13.2 Å². The zero-order valence-corrected chi connectivity index (χ0v) is 12.4. The highest BCUT2D eigenvalue weighted by atomic mass is 19.4. The zero-order chi connectivity index (χ0) is 16.2. The van der Waals surface area contributed by atoms with E-state index in [1.807, 2.05) is 0 Å². The highest BCUT2D eigenvalue weighted by Gasteiger charge is 2.33. The second kappa shape index (κ2) is 7.13. The smallest absolute Gasteiger partial charge is 0.368 e. The van der Waals surface area contributed by atoms with Gasteiger partial charge in [-0.15, -0.1) is 0 Å². The van der Waals surface area contributed by atoms with E-state index < -0.39 is 18.9 Å². The van der Waals surface area contributed by atoms with Crippen LogP contribution in [0, 0.1) is 5.92 Å². The van der Waals surface area contributed by atoms with E-state index in [2.05, 4.69) is 10.3 Å². The van der Waals surface area contributed by atoms with Crippen molar-refractivity contribution in [1.82, 2.24) is 9.55 Å². The van der Waals surface area contributed by atoms with Crippen LogP contribution in [0.1, 0.15) is 25.7 Å². The van der Waals surface area contributed by atoms with E-state index in [0.717, 1.165) is 19.3 Å². The lowest BCUT2D eigenvalue weighted by molar-refractivity contribution is -0.192. The molecule has 1 aromatic rings. The molecule has 2 atom stereocenters. The summed E-state index contributed by atoms with van der Waals surface area (Å²) in [5, 5.41) is 2.94. The van der Waals surface area contributed by atoms with E-state index in [9.17, 15) is 18.0 Å². The number of halogens is 3. The van der Waals surface area contributed by atoms with Gasteiger partial charge >= 0.3 is 6.18 Å². The molecule has 1 aliphatic rings. The Morgan fingerprint density at radius 2 is 2.14 bits per heavy atom. The van der Waals surface area contributed by atoms with Crippen molar-refractivity contribution in [3.63, 3.8) is 0 Å². The largest absolute Gasteiger partial charge is 0.411 e. The molecule has 0 radical (unpaired) electrons. The van der Waals surface area contributed by atoms with Crippen LogP contribution in [0.25, 0.3) is 0 Å². The molecule has 2 rings (SSSR count). The molecule has 1 heterocycles. The highest BCUT2D eigenvalue weighted by Crippen LogP contribution is 2.28. The maximum atomic E-state index is 12.3. The fourth-order valence-corrected chi connectivity index (χ4v) is 2.67. The molecule has 0 unspecified atom stereocenters. The number of rotatable bonds is 5. The van der Waals surface area contributed by atoms with E-state index in [1.54, 1.807) is 13.2 Å². The third kappa shape index (κ3) is 4.72.